The number of hydrogen-bond acceptors (Lipinski definition) is 1. The van der Waals surface area contributed by atoms with Gasteiger partial charge in [-0.1, -0.05) is 56.5 Å². The summed E-state index contributed by atoms with van der Waals surface area (Å²) >= 11 is 0. The van der Waals surface area contributed by atoms with Crippen molar-refractivity contribution in [3.8, 4) is 0 Å². The largest absolute Gasteiger partial charge is 0.362 e. The molecule has 1 aromatic heterocycles. The maximum atomic E-state index is 4.28. The Morgan fingerprint density at radius 1 is 1.08 bits per heavy atom. The van der Waals surface area contributed by atoms with Crippen molar-refractivity contribution in [1.29, 1.82) is 0 Å². The Hall–Kier alpha value is -2.74. The molecule has 1 aliphatic heterocycles. The van der Waals surface area contributed by atoms with Crippen LogP contribution in [0.5, 0.6) is 0 Å². The fraction of sp³-hybridized carbons (Fsp3) is 0.217. The van der Waals surface area contributed by atoms with Crippen molar-refractivity contribution < 1.29 is 0 Å². The third kappa shape index (κ3) is 4.42. The van der Waals surface area contributed by atoms with Gasteiger partial charge >= 0.3 is 0 Å². The van der Waals surface area contributed by atoms with Gasteiger partial charge in [0, 0.05) is 30.2 Å². The van der Waals surface area contributed by atoms with E-state index in [1.807, 2.05) is 6.20 Å². The van der Waals surface area contributed by atoms with E-state index in [2.05, 4.69) is 79.1 Å². The first-order valence-electron chi connectivity index (χ1n) is 8.90. The molecule has 0 atom stereocenters. The highest BCUT2D eigenvalue weighted by atomic mass is 14.9. The molecule has 2 N–H and O–H groups in total. The summed E-state index contributed by atoms with van der Waals surface area (Å²) in [4.78, 5) is 3.38. The zero-order chi connectivity index (χ0) is 17.6. The van der Waals surface area contributed by atoms with Gasteiger partial charge in [-0.3, -0.25) is 0 Å². The van der Waals surface area contributed by atoms with Gasteiger partial charge in [0.05, 0.1) is 0 Å². The number of dihydropyridines is 1. The molecule has 128 valence electrons. The molecule has 2 heteroatoms. The van der Waals surface area contributed by atoms with Gasteiger partial charge in [-0.15, -0.1) is 0 Å². The molecule has 2 aromatic rings. The molecule has 0 saturated carbocycles. The third-order valence-corrected chi connectivity index (χ3v) is 4.66. The molecule has 3 rings (SSSR count). The highest BCUT2D eigenvalue weighted by Crippen LogP contribution is 2.27. The number of hydrogen-bond donors (Lipinski definition) is 2. The van der Waals surface area contributed by atoms with Gasteiger partial charge < -0.3 is 10.3 Å². The average Bonchev–Trinajstić information content (AvgIpc) is 3.12. The van der Waals surface area contributed by atoms with E-state index in [1.54, 1.807) is 0 Å². The van der Waals surface area contributed by atoms with Crippen molar-refractivity contribution in [3.63, 3.8) is 0 Å². The van der Waals surface area contributed by atoms with E-state index >= 15 is 0 Å². The van der Waals surface area contributed by atoms with Crippen molar-refractivity contribution in [1.82, 2.24) is 10.3 Å². The Morgan fingerprint density at radius 2 is 1.84 bits per heavy atom. The third-order valence-electron chi connectivity index (χ3n) is 4.66. The quantitative estimate of drug-likeness (QED) is 0.685. The molecule has 0 amide bonds. The second-order valence-electron chi connectivity index (χ2n) is 6.55. The van der Waals surface area contributed by atoms with Gasteiger partial charge in [-0.25, -0.2) is 0 Å². The van der Waals surface area contributed by atoms with Crippen LogP contribution in [0.1, 0.15) is 36.6 Å². The average molecular weight is 330 g/mol. The van der Waals surface area contributed by atoms with Crippen molar-refractivity contribution in [2.24, 2.45) is 0 Å². The van der Waals surface area contributed by atoms with E-state index in [9.17, 15) is 0 Å². The fourth-order valence-corrected chi connectivity index (χ4v) is 3.03. The summed E-state index contributed by atoms with van der Waals surface area (Å²) in [6, 6.07) is 12.8. The zero-order valence-corrected chi connectivity index (χ0v) is 14.9. The van der Waals surface area contributed by atoms with Gasteiger partial charge in [-0.2, -0.15) is 0 Å². The summed E-state index contributed by atoms with van der Waals surface area (Å²) in [5.41, 5.74) is 8.38. The van der Waals surface area contributed by atoms with Crippen LogP contribution in [0.4, 0.5) is 0 Å². The Labute approximate surface area is 150 Å². The second kappa shape index (κ2) is 7.89. The predicted molar refractivity (Wildman–Crippen MR) is 107 cm³/mol. The van der Waals surface area contributed by atoms with Crippen LogP contribution in [-0.2, 0) is 12.8 Å². The minimum absolute atomic E-state index is 0.807. The minimum Gasteiger partial charge on any atom is -0.362 e. The Kier molecular flexibility index (Phi) is 5.39. The Balaban J connectivity index is 1.62. The SMILES string of the molecule is C=C1NC=C(CC)C=C1CC(=C)c1cc(CCc2ccccc2)c[nH]1. The molecule has 0 bridgehead atoms. The molecule has 2 heterocycles. The molecule has 2 nitrogen and oxygen atoms in total. The molecule has 0 radical (unpaired) electrons. The normalized spacial score (nSPS) is 13.9. The lowest BCUT2D eigenvalue weighted by atomic mass is 9.97. The number of benzene rings is 1. The molecule has 1 aliphatic rings. The molecule has 0 unspecified atom stereocenters. The van der Waals surface area contributed by atoms with Crippen LogP contribution < -0.4 is 5.32 Å². The molecule has 1 aromatic carbocycles. The standard InChI is InChI=1S/C23H26N2/c1-4-19-13-22(18(3)24-15-19)12-17(2)23-14-21(16-25-23)11-10-20-8-6-5-7-9-20/h5-9,13-16,24-25H,2-4,10-12H2,1H3. The van der Waals surface area contributed by atoms with E-state index in [4.69, 9.17) is 0 Å². The van der Waals surface area contributed by atoms with E-state index in [0.29, 0.717) is 0 Å². The first-order chi connectivity index (χ1) is 12.2. The smallest absolute Gasteiger partial charge is 0.0413 e. The zero-order valence-electron chi connectivity index (χ0n) is 14.9. The van der Waals surface area contributed by atoms with Crippen LogP contribution >= 0.6 is 0 Å². The maximum absolute atomic E-state index is 4.28. The lowest BCUT2D eigenvalue weighted by Crippen LogP contribution is -2.12. The Morgan fingerprint density at radius 3 is 2.60 bits per heavy atom. The Bertz CT molecular complexity index is 819. The number of allylic oxidation sites excluding steroid dienone is 4. The van der Waals surface area contributed by atoms with Crippen LogP contribution in [0.15, 0.2) is 84.9 Å². The highest BCUT2D eigenvalue weighted by molar-refractivity contribution is 5.65. The van der Waals surface area contributed by atoms with Gasteiger partial charge in [0.25, 0.3) is 0 Å². The molecule has 25 heavy (non-hydrogen) atoms. The van der Waals surface area contributed by atoms with Crippen LogP contribution in [0.25, 0.3) is 5.57 Å². The molecule has 0 fully saturated rings. The van der Waals surface area contributed by atoms with E-state index in [1.165, 1.54) is 22.3 Å². The summed E-state index contributed by atoms with van der Waals surface area (Å²) in [5, 5.41) is 3.26. The summed E-state index contributed by atoms with van der Waals surface area (Å²) in [7, 11) is 0. The second-order valence-corrected chi connectivity index (χ2v) is 6.55. The van der Waals surface area contributed by atoms with E-state index < -0.39 is 0 Å². The van der Waals surface area contributed by atoms with Crippen molar-refractivity contribution in [2.45, 2.75) is 32.6 Å². The highest BCUT2D eigenvalue weighted by Gasteiger charge is 2.12. The predicted octanol–water partition coefficient (Wildman–Crippen LogP) is 5.54. The maximum Gasteiger partial charge on any atom is 0.0413 e. The van der Waals surface area contributed by atoms with Gasteiger partial charge in [0.2, 0.25) is 0 Å². The minimum atomic E-state index is 0.807. The van der Waals surface area contributed by atoms with E-state index in [-0.39, 0.29) is 0 Å². The van der Waals surface area contributed by atoms with Crippen molar-refractivity contribution in [2.75, 3.05) is 0 Å². The first-order valence-corrected chi connectivity index (χ1v) is 8.90. The topological polar surface area (TPSA) is 27.8 Å². The van der Waals surface area contributed by atoms with Crippen molar-refractivity contribution >= 4 is 5.57 Å². The summed E-state index contributed by atoms with van der Waals surface area (Å²) < 4.78 is 0. The van der Waals surface area contributed by atoms with Crippen LogP contribution in [-0.4, -0.2) is 4.98 Å². The molecule has 0 spiro atoms. The fourth-order valence-electron chi connectivity index (χ4n) is 3.03. The van der Waals surface area contributed by atoms with Gasteiger partial charge in [0.1, 0.15) is 0 Å². The van der Waals surface area contributed by atoms with Crippen LogP contribution in [0, 0.1) is 0 Å². The summed E-state index contributed by atoms with van der Waals surface area (Å²) in [6.07, 6.45) is 10.3. The molecular formula is C23H26N2. The first kappa shape index (κ1) is 17.1. The van der Waals surface area contributed by atoms with Gasteiger partial charge in [0.15, 0.2) is 0 Å². The van der Waals surface area contributed by atoms with E-state index in [0.717, 1.165) is 42.6 Å². The van der Waals surface area contributed by atoms with Crippen molar-refractivity contribution in [3.05, 3.63) is 102 Å². The monoisotopic (exact) mass is 330 g/mol. The number of aromatic nitrogens is 1. The number of rotatable bonds is 7. The molecule has 0 aliphatic carbocycles. The molecule has 0 saturated heterocycles. The number of H-pyrrole nitrogens is 1. The number of aromatic amines is 1. The lowest BCUT2D eigenvalue weighted by Gasteiger charge is -2.18. The van der Waals surface area contributed by atoms with Gasteiger partial charge in [-0.05, 0) is 53.2 Å². The van der Waals surface area contributed by atoms with Crippen LogP contribution in [0.2, 0.25) is 0 Å². The lowest BCUT2D eigenvalue weighted by molar-refractivity contribution is 0.962. The number of nitrogens with one attached hydrogen (secondary N) is 2. The summed E-state index contributed by atoms with van der Waals surface area (Å²) in [6.45, 7) is 10.5. The summed E-state index contributed by atoms with van der Waals surface area (Å²) in [5.74, 6) is 0. The number of aryl methyl sites for hydroxylation is 2. The van der Waals surface area contributed by atoms with Crippen LogP contribution in [0.3, 0.4) is 0 Å². The molecular weight excluding hydrogens is 304 g/mol.